The molecule has 0 radical (unpaired) electrons. The molecule has 0 saturated heterocycles. The second-order valence-electron chi connectivity index (χ2n) is 3.82. The molecule has 0 amide bonds. The molecule has 0 saturated carbocycles. The standard InChI is InChI=1S/C11H20N2O2/c1-4-5-10(14)6-12-7-11-13-8(2)9(3)15-11/h10,12,14H,4-7H2,1-3H3. The lowest BCUT2D eigenvalue weighted by Gasteiger charge is -2.08. The first-order valence-electron chi connectivity index (χ1n) is 5.45. The van der Waals surface area contributed by atoms with E-state index in [2.05, 4.69) is 17.2 Å². The van der Waals surface area contributed by atoms with Crippen LogP contribution in [0.4, 0.5) is 0 Å². The molecule has 0 bridgehead atoms. The number of nitrogens with zero attached hydrogens (tertiary/aromatic N) is 1. The Bertz CT molecular complexity index is 277. The first-order chi connectivity index (χ1) is 7.13. The number of nitrogens with one attached hydrogen (secondary N) is 1. The van der Waals surface area contributed by atoms with Crippen molar-refractivity contribution >= 4 is 0 Å². The van der Waals surface area contributed by atoms with Crippen LogP contribution in [0, 0.1) is 13.8 Å². The molecular weight excluding hydrogens is 192 g/mol. The minimum Gasteiger partial charge on any atom is -0.444 e. The van der Waals surface area contributed by atoms with Crippen molar-refractivity contribution < 1.29 is 9.52 Å². The summed E-state index contributed by atoms with van der Waals surface area (Å²) in [4.78, 5) is 4.24. The minimum absolute atomic E-state index is 0.271. The van der Waals surface area contributed by atoms with Gasteiger partial charge in [0.05, 0.1) is 18.3 Å². The maximum Gasteiger partial charge on any atom is 0.208 e. The van der Waals surface area contributed by atoms with E-state index < -0.39 is 0 Å². The maximum absolute atomic E-state index is 9.47. The number of aryl methyl sites for hydroxylation is 2. The van der Waals surface area contributed by atoms with Gasteiger partial charge in [-0.25, -0.2) is 4.98 Å². The van der Waals surface area contributed by atoms with Crippen molar-refractivity contribution in [3.8, 4) is 0 Å². The zero-order chi connectivity index (χ0) is 11.3. The summed E-state index contributed by atoms with van der Waals surface area (Å²) in [6, 6.07) is 0. The van der Waals surface area contributed by atoms with Gasteiger partial charge in [-0.2, -0.15) is 0 Å². The Labute approximate surface area is 90.7 Å². The van der Waals surface area contributed by atoms with E-state index >= 15 is 0 Å². The monoisotopic (exact) mass is 212 g/mol. The average molecular weight is 212 g/mol. The maximum atomic E-state index is 9.47. The number of oxazole rings is 1. The molecule has 1 atom stereocenters. The predicted octanol–water partition coefficient (Wildman–Crippen LogP) is 1.54. The minimum atomic E-state index is -0.271. The van der Waals surface area contributed by atoms with Gasteiger partial charge >= 0.3 is 0 Å². The largest absolute Gasteiger partial charge is 0.444 e. The second-order valence-corrected chi connectivity index (χ2v) is 3.82. The third kappa shape index (κ3) is 4.01. The van der Waals surface area contributed by atoms with Gasteiger partial charge < -0.3 is 14.8 Å². The van der Waals surface area contributed by atoms with Gasteiger partial charge in [-0.1, -0.05) is 13.3 Å². The van der Waals surface area contributed by atoms with Gasteiger partial charge in [0.15, 0.2) is 0 Å². The zero-order valence-electron chi connectivity index (χ0n) is 9.71. The molecular formula is C11H20N2O2. The number of aliphatic hydroxyl groups is 1. The summed E-state index contributed by atoms with van der Waals surface area (Å²) in [5, 5.41) is 12.6. The van der Waals surface area contributed by atoms with Crippen LogP contribution in [-0.4, -0.2) is 22.7 Å². The Kier molecular flexibility index (Phi) is 4.78. The number of aliphatic hydroxyl groups excluding tert-OH is 1. The van der Waals surface area contributed by atoms with Gasteiger partial charge in [0.1, 0.15) is 5.76 Å². The first kappa shape index (κ1) is 12.2. The third-order valence-corrected chi connectivity index (χ3v) is 2.35. The highest BCUT2D eigenvalue weighted by atomic mass is 16.4. The number of rotatable bonds is 6. The molecule has 0 spiro atoms. The lowest BCUT2D eigenvalue weighted by atomic mass is 10.2. The zero-order valence-corrected chi connectivity index (χ0v) is 9.71. The topological polar surface area (TPSA) is 58.3 Å². The third-order valence-electron chi connectivity index (χ3n) is 2.35. The van der Waals surface area contributed by atoms with E-state index in [0.29, 0.717) is 19.0 Å². The lowest BCUT2D eigenvalue weighted by molar-refractivity contribution is 0.159. The average Bonchev–Trinajstić information content (AvgIpc) is 2.46. The molecule has 0 aliphatic rings. The van der Waals surface area contributed by atoms with Crippen molar-refractivity contribution in [2.24, 2.45) is 0 Å². The number of hydrogen-bond acceptors (Lipinski definition) is 4. The molecule has 2 N–H and O–H groups in total. The highest BCUT2D eigenvalue weighted by molar-refractivity contribution is 5.05. The summed E-state index contributed by atoms with van der Waals surface area (Å²) in [6.07, 6.45) is 1.56. The molecule has 0 aromatic carbocycles. The lowest BCUT2D eigenvalue weighted by Crippen LogP contribution is -2.26. The highest BCUT2D eigenvalue weighted by Gasteiger charge is 2.06. The summed E-state index contributed by atoms with van der Waals surface area (Å²) < 4.78 is 5.40. The van der Waals surface area contributed by atoms with E-state index in [4.69, 9.17) is 4.42 Å². The Morgan fingerprint density at radius 3 is 2.73 bits per heavy atom. The van der Waals surface area contributed by atoms with Crippen LogP contribution < -0.4 is 5.32 Å². The fourth-order valence-electron chi connectivity index (χ4n) is 1.40. The van der Waals surface area contributed by atoms with Crippen LogP contribution in [0.25, 0.3) is 0 Å². The SMILES string of the molecule is CCCC(O)CNCc1nc(C)c(C)o1. The summed E-state index contributed by atoms with van der Waals surface area (Å²) in [5.41, 5.74) is 0.931. The van der Waals surface area contributed by atoms with Crippen LogP contribution in [0.3, 0.4) is 0 Å². The van der Waals surface area contributed by atoms with Gasteiger partial charge in [-0.15, -0.1) is 0 Å². The molecule has 0 aliphatic heterocycles. The predicted molar refractivity (Wildman–Crippen MR) is 58.6 cm³/mol. The molecule has 1 heterocycles. The summed E-state index contributed by atoms with van der Waals surface area (Å²) in [6.45, 7) is 7.06. The number of hydrogen-bond donors (Lipinski definition) is 2. The highest BCUT2D eigenvalue weighted by Crippen LogP contribution is 2.07. The van der Waals surface area contributed by atoms with Crippen molar-refractivity contribution in [1.29, 1.82) is 0 Å². The van der Waals surface area contributed by atoms with Gasteiger partial charge in [-0.3, -0.25) is 0 Å². The molecule has 1 aromatic rings. The van der Waals surface area contributed by atoms with Gasteiger partial charge in [0.2, 0.25) is 5.89 Å². The Balaban J connectivity index is 2.25. The fraction of sp³-hybridized carbons (Fsp3) is 0.727. The molecule has 0 fully saturated rings. The Hall–Kier alpha value is -0.870. The van der Waals surface area contributed by atoms with Crippen LogP contribution in [0.5, 0.6) is 0 Å². The van der Waals surface area contributed by atoms with E-state index in [1.807, 2.05) is 13.8 Å². The summed E-state index contributed by atoms with van der Waals surface area (Å²) in [5.74, 6) is 1.55. The smallest absolute Gasteiger partial charge is 0.208 e. The van der Waals surface area contributed by atoms with E-state index in [0.717, 1.165) is 24.3 Å². The van der Waals surface area contributed by atoms with Crippen LogP contribution in [0.1, 0.15) is 37.1 Å². The first-order valence-corrected chi connectivity index (χ1v) is 5.45. The molecule has 1 unspecified atom stereocenters. The van der Waals surface area contributed by atoms with Gasteiger partial charge in [0, 0.05) is 6.54 Å². The van der Waals surface area contributed by atoms with Crippen molar-refractivity contribution in [2.75, 3.05) is 6.54 Å². The Morgan fingerprint density at radius 2 is 2.20 bits per heavy atom. The van der Waals surface area contributed by atoms with Gasteiger partial charge in [0.25, 0.3) is 0 Å². The number of aromatic nitrogens is 1. The second kappa shape index (κ2) is 5.88. The van der Waals surface area contributed by atoms with E-state index in [1.165, 1.54) is 0 Å². The van der Waals surface area contributed by atoms with E-state index in [-0.39, 0.29) is 6.10 Å². The van der Waals surface area contributed by atoms with E-state index in [1.54, 1.807) is 0 Å². The van der Waals surface area contributed by atoms with Crippen molar-refractivity contribution in [3.63, 3.8) is 0 Å². The molecule has 4 heteroatoms. The fourth-order valence-corrected chi connectivity index (χ4v) is 1.40. The molecule has 4 nitrogen and oxygen atoms in total. The quantitative estimate of drug-likeness (QED) is 0.751. The molecule has 1 aromatic heterocycles. The normalized spacial score (nSPS) is 13.1. The van der Waals surface area contributed by atoms with Crippen LogP contribution >= 0.6 is 0 Å². The van der Waals surface area contributed by atoms with Crippen LogP contribution in [-0.2, 0) is 6.54 Å². The molecule has 86 valence electrons. The molecule has 15 heavy (non-hydrogen) atoms. The van der Waals surface area contributed by atoms with Crippen molar-refractivity contribution in [2.45, 2.75) is 46.3 Å². The van der Waals surface area contributed by atoms with Crippen LogP contribution in [0.15, 0.2) is 4.42 Å². The van der Waals surface area contributed by atoms with Crippen molar-refractivity contribution in [1.82, 2.24) is 10.3 Å². The van der Waals surface area contributed by atoms with Gasteiger partial charge in [-0.05, 0) is 20.3 Å². The Morgan fingerprint density at radius 1 is 1.47 bits per heavy atom. The summed E-state index contributed by atoms with van der Waals surface area (Å²) >= 11 is 0. The molecule has 1 rings (SSSR count). The summed E-state index contributed by atoms with van der Waals surface area (Å²) in [7, 11) is 0. The molecule has 0 aliphatic carbocycles. The van der Waals surface area contributed by atoms with Crippen LogP contribution in [0.2, 0.25) is 0 Å². The van der Waals surface area contributed by atoms with Crippen molar-refractivity contribution in [3.05, 3.63) is 17.3 Å². The van der Waals surface area contributed by atoms with E-state index in [9.17, 15) is 5.11 Å².